The smallest absolute Gasteiger partial charge is 0.418 e. The van der Waals surface area contributed by atoms with Crippen LogP contribution in [0.4, 0.5) is 18.9 Å². The Labute approximate surface area is 237 Å². The SMILES string of the molecule is CSCCC(NC(=O)c1ccc(Cl)cc1)C(=O)OC(C(=O)Nc1ccc(Cl)cc1C(F)(F)F)c1ccccc1. The van der Waals surface area contributed by atoms with E-state index in [9.17, 15) is 27.6 Å². The first-order valence-corrected chi connectivity index (χ1v) is 13.6. The number of benzene rings is 3. The molecule has 3 aromatic carbocycles. The summed E-state index contributed by atoms with van der Waals surface area (Å²) >= 11 is 13.0. The molecule has 0 aromatic heterocycles. The normalized spacial score (nSPS) is 12.8. The topological polar surface area (TPSA) is 84.5 Å². The maximum Gasteiger partial charge on any atom is 0.418 e. The van der Waals surface area contributed by atoms with E-state index < -0.39 is 47.4 Å². The highest BCUT2D eigenvalue weighted by Gasteiger charge is 2.36. The molecule has 12 heteroatoms. The summed E-state index contributed by atoms with van der Waals surface area (Å²) in [6, 6.07) is 15.6. The molecule has 3 aromatic rings. The Balaban J connectivity index is 1.87. The molecule has 39 heavy (non-hydrogen) atoms. The molecule has 3 rings (SSSR count). The van der Waals surface area contributed by atoms with Gasteiger partial charge >= 0.3 is 12.1 Å². The minimum Gasteiger partial charge on any atom is -0.446 e. The maximum atomic E-state index is 13.6. The third kappa shape index (κ3) is 8.64. The predicted octanol–water partition coefficient (Wildman–Crippen LogP) is 6.79. The van der Waals surface area contributed by atoms with Gasteiger partial charge in [0.25, 0.3) is 11.8 Å². The van der Waals surface area contributed by atoms with Gasteiger partial charge in [-0.3, -0.25) is 9.59 Å². The summed E-state index contributed by atoms with van der Waals surface area (Å²) in [6.45, 7) is 0. The van der Waals surface area contributed by atoms with Gasteiger partial charge in [-0.1, -0.05) is 53.5 Å². The van der Waals surface area contributed by atoms with Crippen molar-refractivity contribution in [3.63, 3.8) is 0 Å². The number of alkyl halides is 3. The van der Waals surface area contributed by atoms with E-state index in [0.717, 1.165) is 6.07 Å². The van der Waals surface area contributed by atoms with E-state index in [0.29, 0.717) is 16.8 Å². The second kappa shape index (κ2) is 13.7. The van der Waals surface area contributed by atoms with Gasteiger partial charge in [0.2, 0.25) is 6.10 Å². The van der Waals surface area contributed by atoms with Crippen LogP contribution in [0.3, 0.4) is 0 Å². The fourth-order valence-corrected chi connectivity index (χ4v) is 4.25. The lowest BCUT2D eigenvalue weighted by molar-refractivity contribution is -0.156. The zero-order chi connectivity index (χ0) is 28.6. The fraction of sp³-hybridized carbons (Fsp3) is 0.222. The van der Waals surface area contributed by atoms with Crippen LogP contribution in [0.15, 0.2) is 72.8 Å². The van der Waals surface area contributed by atoms with Gasteiger partial charge in [0.15, 0.2) is 0 Å². The number of thioether (sulfide) groups is 1. The Bertz CT molecular complexity index is 1310. The number of nitrogens with one attached hydrogen (secondary N) is 2. The van der Waals surface area contributed by atoms with Gasteiger partial charge in [-0.2, -0.15) is 24.9 Å². The Morgan fingerprint density at radius 1 is 0.949 bits per heavy atom. The van der Waals surface area contributed by atoms with Crippen LogP contribution >= 0.6 is 35.0 Å². The summed E-state index contributed by atoms with van der Waals surface area (Å²) in [6.07, 6.45) is -4.42. The predicted molar refractivity (Wildman–Crippen MR) is 146 cm³/mol. The summed E-state index contributed by atoms with van der Waals surface area (Å²) in [5.41, 5.74) is -1.24. The van der Waals surface area contributed by atoms with E-state index >= 15 is 0 Å². The second-order valence-electron chi connectivity index (χ2n) is 8.22. The van der Waals surface area contributed by atoms with Crippen molar-refractivity contribution in [1.82, 2.24) is 5.32 Å². The highest BCUT2D eigenvalue weighted by molar-refractivity contribution is 7.98. The van der Waals surface area contributed by atoms with E-state index in [1.807, 2.05) is 6.26 Å². The molecule has 2 N–H and O–H groups in total. The monoisotopic (exact) mass is 598 g/mol. The molecule has 6 nitrogen and oxygen atoms in total. The number of halogens is 5. The minimum atomic E-state index is -4.80. The molecule has 2 atom stereocenters. The molecule has 0 aliphatic carbocycles. The van der Waals surface area contributed by atoms with Crippen LogP contribution < -0.4 is 10.6 Å². The molecule has 0 fully saturated rings. The van der Waals surface area contributed by atoms with Crippen molar-refractivity contribution in [2.24, 2.45) is 0 Å². The van der Waals surface area contributed by atoms with Gasteiger partial charge < -0.3 is 15.4 Å². The molecule has 0 radical (unpaired) electrons. The van der Waals surface area contributed by atoms with E-state index in [1.165, 1.54) is 54.2 Å². The van der Waals surface area contributed by atoms with Crippen molar-refractivity contribution >= 4 is 58.4 Å². The van der Waals surface area contributed by atoms with E-state index in [-0.39, 0.29) is 22.6 Å². The van der Waals surface area contributed by atoms with E-state index in [2.05, 4.69) is 10.6 Å². The second-order valence-corrected chi connectivity index (χ2v) is 10.1. The van der Waals surface area contributed by atoms with Gasteiger partial charge in [0.05, 0.1) is 11.3 Å². The molecule has 0 heterocycles. The van der Waals surface area contributed by atoms with Crippen LogP contribution in [0, 0.1) is 0 Å². The van der Waals surface area contributed by atoms with Gasteiger partial charge in [-0.05, 0) is 60.9 Å². The van der Waals surface area contributed by atoms with E-state index in [1.54, 1.807) is 18.2 Å². The quantitative estimate of drug-likeness (QED) is 0.251. The van der Waals surface area contributed by atoms with Crippen molar-refractivity contribution in [1.29, 1.82) is 0 Å². The molecule has 206 valence electrons. The number of hydrogen-bond donors (Lipinski definition) is 2. The summed E-state index contributed by atoms with van der Waals surface area (Å²) in [7, 11) is 0. The van der Waals surface area contributed by atoms with Gasteiger partial charge in [0.1, 0.15) is 6.04 Å². The Morgan fingerprint density at radius 2 is 1.59 bits per heavy atom. The van der Waals surface area contributed by atoms with Crippen molar-refractivity contribution in [2.45, 2.75) is 24.7 Å². The largest absolute Gasteiger partial charge is 0.446 e. The fourth-order valence-electron chi connectivity index (χ4n) is 3.48. The molecule has 0 bridgehead atoms. The average molecular weight is 599 g/mol. The number of carbonyl (C=O) groups is 3. The Morgan fingerprint density at radius 3 is 2.21 bits per heavy atom. The summed E-state index contributed by atoms with van der Waals surface area (Å²) < 4.78 is 46.3. The van der Waals surface area contributed by atoms with Crippen molar-refractivity contribution in [3.05, 3.63) is 99.5 Å². The summed E-state index contributed by atoms with van der Waals surface area (Å²) in [4.78, 5) is 39.2. The van der Waals surface area contributed by atoms with Crippen LogP contribution in [-0.2, 0) is 20.5 Å². The van der Waals surface area contributed by atoms with Crippen LogP contribution in [0.1, 0.15) is 34.0 Å². The van der Waals surface area contributed by atoms with Gasteiger partial charge in [0, 0.05) is 21.2 Å². The molecular weight excluding hydrogens is 576 g/mol. The first-order chi connectivity index (χ1) is 18.5. The number of hydrogen-bond acceptors (Lipinski definition) is 5. The van der Waals surface area contributed by atoms with Crippen molar-refractivity contribution in [3.8, 4) is 0 Å². The summed E-state index contributed by atoms with van der Waals surface area (Å²) in [5, 5.41) is 5.07. The van der Waals surface area contributed by atoms with Crippen molar-refractivity contribution < 1.29 is 32.3 Å². The molecular formula is C27H23Cl2F3N2O4S. The third-order valence-corrected chi connectivity index (χ3v) is 6.56. The van der Waals surface area contributed by atoms with Crippen LogP contribution in [-0.4, -0.2) is 35.8 Å². The molecule has 0 aliphatic heterocycles. The highest BCUT2D eigenvalue weighted by Crippen LogP contribution is 2.37. The molecule has 0 saturated carbocycles. The first-order valence-electron chi connectivity index (χ1n) is 11.5. The standard InChI is InChI=1S/C27H23Cl2F3N2O4S/c1-39-14-13-22(34-24(35)17-7-9-18(28)10-8-17)26(37)38-23(16-5-3-2-4-6-16)25(36)33-21-12-11-19(29)15-20(21)27(30,31)32/h2-12,15,22-23H,13-14H2,1H3,(H,33,36)(H,34,35). The van der Waals surface area contributed by atoms with E-state index in [4.69, 9.17) is 27.9 Å². The number of rotatable bonds is 10. The molecule has 2 unspecified atom stereocenters. The van der Waals surface area contributed by atoms with Crippen molar-refractivity contribution in [2.75, 3.05) is 17.3 Å². The molecule has 2 amide bonds. The zero-order valence-corrected chi connectivity index (χ0v) is 22.8. The average Bonchev–Trinajstić information content (AvgIpc) is 2.90. The lowest BCUT2D eigenvalue weighted by atomic mass is 10.1. The first kappa shape index (κ1) is 30.3. The minimum absolute atomic E-state index is 0.167. The number of carbonyl (C=O) groups excluding carboxylic acids is 3. The Hall–Kier alpha value is -3.21. The van der Waals surface area contributed by atoms with Gasteiger partial charge in [-0.25, -0.2) is 4.79 Å². The summed E-state index contributed by atoms with van der Waals surface area (Å²) in [5.74, 6) is -2.04. The number of ether oxygens (including phenoxy) is 1. The zero-order valence-electron chi connectivity index (χ0n) is 20.4. The maximum absolute atomic E-state index is 13.6. The van der Waals surface area contributed by atoms with Gasteiger partial charge in [-0.15, -0.1) is 0 Å². The van der Waals surface area contributed by atoms with Crippen LogP contribution in [0.25, 0.3) is 0 Å². The van der Waals surface area contributed by atoms with Crippen LogP contribution in [0.2, 0.25) is 10.0 Å². The number of esters is 1. The Kier molecular flexibility index (Phi) is 10.7. The van der Waals surface area contributed by atoms with Crippen LogP contribution in [0.5, 0.6) is 0 Å². The molecule has 0 saturated heterocycles. The molecule has 0 aliphatic rings. The lowest BCUT2D eigenvalue weighted by Crippen LogP contribution is -2.43. The number of anilines is 1. The third-order valence-electron chi connectivity index (χ3n) is 5.43. The lowest BCUT2D eigenvalue weighted by Gasteiger charge is -2.23. The molecule has 0 spiro atoms. The number of amides is 2. The highest BCUT2D eigenvalue weighted by atomic mass is 35.5.